The highest BCUT2D eigenvalue weighted by molar-refractivity contribution is 5.90. The third-order valence-corrected chi connectivity index (χ3v) is 3.01. The molecule has 1 rings (SSSR count). The largest absolute Gasteiger partial charge is 0.404 e. The van der Waals surface area contributed by atoms with Crippen LogP contribution in [0.1, 0.15) is 19.3 Å². The van der Waals surface area contributed by atoms with Gasteiger partial charge in [0.05, 0.1) is 0 Å². The summed E-state index contributed by atoms with van der Waals surface area (Å²) in [6.07, 6.45) is 5.01. The number of amides is 2. The van der Waals surface area contributed by atoms with E-state index in [-0.39, 0.29) is 18.2 Å². The molecule has 0 heterocycles. The van der Waals surface area contributed by atoms with Gasteiger partial charge in [-0.25, -0.2) is 0 Å². The van der Waals surface area contributed by atoms with E-state index in [1.807, 2.05) is 0 Å². The van der Waals surface area contributed by atoms with Crippen LogP contribution in [0.25, 0.3) is 0 Å². The standard InChI is InChI=1S/C12H20N4O2/c1-15-7-8(6-13)5-10(11(14)17)16(2)12(18)9-3-4-9/h6-7,9-10H,3-5,13H2,1-2H3,(H2,14,17)/b8-6-,15-7?. The van der Waals surface area contributed by atoms with E-state index >= 15 is 0 Å². The molecule has 0 aromatic heterocycles. The Labute approximate surface area is 107 Å². The molecule has 0 aromatic carbocycles. The number of carbonyl (C=O) groups excluding carboxylic acids is 2. The molecule has 0 saturated heterocycles. The SMILES string of the molecule is CN=C/C(=C\N)CC(C(N)=O)N(C)C(=O)C1CC1. The molecule has 6 heteroatoms. The monoisotopic (exact) mass is 252 g/mol. The molecule has 1 aliphatic rings. The average Bonchev–Trinajstić information content (AvgIpc) is 3.16. The summed E-state index contributed by atoms with van der Waals surface area (Å²) in [6.45, 7) is 0. The Balaban J connectivity index is 2.75. The lowest BCUT2D eigenvalue weighted by Crippen LogP contribution is -2.46. The van der Waals surface area contributed by atoms with Crippen molar-refractivity contribution in [2.45, 2.75) is 25.3 Å². The summed E-state index contributed by atoms with van der Waals surface area (Å²) in [4.78, 5) is 28.6. The fourth-order valence-corrected chi connectivity index (χ4v) is 1.75. The summed E-state index contributed by atoms with van der Waals surface area (Å²) in [5, 5.41) is 0. The highest BCUT2D eigenvalue weighted by Gasteiger charge is 2.36. The van der Waals surface area contributed by atoms with E-state index in [1.54, 1.807) is 20.3 Å². The van der Waals surface area contributed by atoms with Gasteiger partial charge in [-0.15, -0.1) is 0 Å². The zero-order valence-corrected chi connectivity index (χ0v) is 10.8. The molecule has 1 atom stereocenters. The third kappa shape index (κ3) is 3.58. The van der Waals surface area contributed by atoms with E-state index in [1.165, 1.54) is 11.1 Å². The predicted octanol–water partition coefficient (Wildman–Crippen LogP) is -0.358. The molecule has 0 radical (unpaired) electrons. The first-order valence-corrected chi connectivity index (χ1v) is 5.90. The van der Waals surface area contributed by atoms with Crippen LogP contribution in [0.2, 0.25) is 0 Å². The maximum absolute atomic E-state index is 11.9. The first kappa shape index (κ1) is 14.2. The molecule has 0 aromatic rings. The summed E-state index contributed by atoms with van der Waals surface area (Å²) in [5.74, 6) is -0.499. The number of hydrogen-bond acceptors (Lipinski definition) is 4. The lowest BCUT2D eigenvalue weighted by molar-refractivity contribution is -0.138. The van der Waals surface area contributed by atoms with E-state index in [0.717, 1.165) is 12.8 Å². The number of rotatable bonds is 6. The molecule has 2 amide bonds. The van der Waals surface area contributed by atoms with Crippen molar-refractivity contribution in [1.29, 1.82) is 0 Å². The summed E-state index contributed by atoms with van der Waals surface area (Å²) >= 11 is 0. The summed E-state index contributed by atoms with van der Waals surface area (Å²) in [7, 11) is 3.22. The minimum absolute atomic E-state index is 0.0244. The van der Waals surface area contributed by atoms with Gasteiger partial charge in [-0.05, 0) is 24.6 Å². The van der Waals surface area contributed by atoms with Crippen molar-refractivity contribution in [1.82, 2.24) is 4.90 Å². The molecule has 1 aliphatic carbocycles. The van der Waals surface area contributed by atoms with Crippen LogP contribution in [0.5, 0.6) is 0 Å². The summed E-state index contributed by atoms with van der Waals surface area (Å²) < 4.78 is 0. The average molecular weight is 252 g/mol. The van der Waals surface area contributed by atoms with Crippen molar-refractivity contribution in [2.24, 2.45) is 22.4 Å². The quantitative estimate of drug-likeness (QED) is 0.631. The molecule has 6 nitrogen and oxygen atoms in total. The minimum atomic E-state index is -0.675. The van der Waals surface area contributed by atoms with Crippen LogP contribution in [-0.2, 0) is 9.59 Å². The topological polar surface area (TPSA) is 102 Å². The maximum atomic E-state index is 11.9. The Morgan fingerprint density at radius 2 is 2.11 bits per heavy atom. The Hall–Kier alpha value is -1.85. The Bertz CT molecular complexity index is 386. The number of carbonyl (C=O) groups is 2. The molecule has 18 heavy (non-hydrogen) atoms. The molecule has 1 fully saturated rings. The van der Waals surface area contributed by atoms with Gasteiger partial charge in [0, 0.05) is 32.6 Å². The lowest BCUT2D eigenvalue weighted by Gasteiger charge is -2.26. The van der Waals surface area contributed by atoms with Gasteiger partial charge in [0.1, 0.15) is 6.04 Å². The number of likely N-dealkylation sites (N-methyl/N-ethyl adjacent to an activating group) is 1. The van der Waals surface area contributed by atoms with Crippen LogP contribution in [0.3, 0.4) is 0 Å². The van der Waals surface area contributed by atoms with E-state index in [4.69, 9.17) is 11.5 Å². The predicted molar refractivity (Wildman–Crippen MR) is 69.8 cm³/mol. The molecule has 0 spiro atoms. The lowest BCUT2D eigenvalue weighted by atomic mass is 10.1. The van der Waals surface area contributed by atoms with Gasteiger partial charge in [0.25, 0.3) is 0 Å². The van der Waals surface area contributed by atoms with Gasteiger partial charge < -0.3 is 16.4 Å². The van der Waals surface area contributed by atoms with Crippen molar-refractivity contribution in [3.8, 4) is 0 Å². The van der Waals surface area contributed by atoms with Crippen LogP contribution in [-0.4, -0.2) is 43.1 Å². The zero-order valence-electron chi connectivity index (χ0n) is 10.8. The van der Waals surface area contributed by atoms with Gasteiger partial charge in [0.15, 0.2) is 0 Å². The summed E-state index contributed by atoms with van der Waals surface area (Å²) in [5.41, 5.74) is 11.5. The van der Waals surface area contributed by atoms with Crippen LogP contribution < -0.4 is 11.5 Å². The van der Waals surface area contributed by atoms with Gasteiger partial charge in [-0.2, -0.15) is 0 Å². The minimum Gasteiger partial charge on any atom is -0.404 e. The normalized spacial score (nSPS) is 17.8. The molecular weight excluding hydrogens is 232 g/mol. The first-order valence-electron chi connectivity index (χ1n) is 5.90. The molecule has 1 unspecified atom stereocenters. The number of aliphatic imine (C=N–C) groups is 1. The van der Waals surface area contributed by atoms with E-state index in [9.17, 15) is 9.59 Å². The van der Waals surface area contributed by atoms with Crippen molar-refractivity contribution < 1.29 is 9.59 Å². The van der Waals surface area contributed by atoms with Gasteiger partial charge in [-0.3, -0.25) is 14.6 Å². The number of nitrogens with two attached hydrogens (primary N) is 2. The molecule has 0 bridgehead atoms. The first-order chi connectivity index (χ1) is 8.51. The fraction of sp³-hybridized carbons (Fsp3) is 0.583. The smallest absolute Gasteiger partial charge is 0.240 e. The fourth-order valence-electron chi connectivity index (χ4n) is 1.75. The number of hydrogen-bond donors (Lipinski definition) is 2. The van der Waals surface area contributed by atoms with Gasteiger partial charge >= 0.3 is 0 Å². The molecule has 4 N–H and O–H groups in total. The van der Waals surface area contributed by atoms with Crippen molar-refractivity contribution in [3.05, 3.63) is 11.8 Å². The van der Waals surface area contributed by atoms with Gasteiger partial charge in [-0.1, -0.05) is 0 Å². The molecular formula is C12H20N4O2. The Morgan fingerprint density at radius 3 is 2.50 bits per heavy atom. The van der Waals surface area contributed by atoms with Crippen LogP contribution in [0, 0.1) is 5.92 Å². The highest BCUT2D eigenvalue weighted by atomic mass is 16.2. The van der Waals surface area contributed by atoms with E-state index in [2.05, 4.69) is 4.99 Å². The molecule has 0 aliphatic heterocycles. The second kappa shape index (κ2) is 6.18. The van der Waals surface area contributed by atoms with Crippen LogP contribution >= 0.6 is 0 Å². The second-order valence-corrected chi connectivity index (χ2v) is 4.47. The third-order valence-electron chi connectivity index (χ3n) is 3.01. The Morgan fingerprint density at radius 1 is 1.50 bits per heavy atom. The van der Waals surface area contributed by atoms with Crippen LogP contribution in [0.4, 0.5) is 0 Å². The number of nitrogens with zero attached hydrogens (tertiary/aromatic N) is 2. The van der Waals surface area contributed by atoms with E-state index < -0.39 is 11.9 Å². The second-order valence-electron chi connectivity index (χ2n) is 4.47. The van der Waals surface area contributed by atoms with Crippen molar-refractivity contribution >= 4 is 18.0 Å². The highest BCUT2D eigenvalue weighted by Crippen LogP contribution is 2.31. The summed E-state index contributed by atoms with van der Waals surface area (Å²) in [6, 6.07) is -0.675. The molecule has 100 valence electrons. The van der Waals surface area contributed by atoms with E-state index in [0.29, 0.717) is 5.57 Å². The van der Waals surface area contributed by atoms with Crippen molar-refractivity contribution in [2.75, 3.05) is 14.1 Å². The van der Waals surface area contributed by atoms with Crippen LogP contribution in [0.15, 0.2) is 16.8 Å². The van der Waals surface area contributed by atoms with Gasteiger partial charge in [0.2, 0.25) is 11.8 Å². The Kier molecular flexibility index (Phi) is 4.88. The van der Waals surface area contributed by atoms with Crippen molar-refractivity contribution in [3.63, 3.8) is 0 Å². The zero-order chi connectivity index (χ0) is 13.7. The number of primary amides is 1. The molecule has 1 saturated carbocycles. The maximum Gasteiger partial charge on any atom is 0.240 e.